The van der Waals surface area contributed by atoms with Crippen LogP contribution in [0.1, 0.15) is 24.6 Å². The van der Waals surface area contributed by atoms with Gasteiger partial charge < -0.3 is 14.2 Å². The van der Waals surface area contributed by atoms with Crippen LogP contribution in [-0.4, -0.2) is 52.4 Å². The molecular weight excluding hydrogens is 374 g/mol. The molecule has 29 heavy (non-hydrogen) atoms. The average Bonchev–Trinajstić information content (AvgIpc) is 3.58. The van der Waals surface area contributed by atoms with Gasteiger partial charge in [0.25, 0.3) is 5.56 Å². The van der Waals surface area contributed by atoms with Crippen molar-refractivity contribution < 1.29 is 14.2 Å². The number of methoxy groups -OCH3 is 3. The van der Waals surface area contributed by atoms with Crippen molar-refractivity contribution in [3.8, 4) is 23.1 Å². The second-order valence-electron chi connectivity index (χ2n) is 7.04. The largest absolute Gasteiger partial charge is 0.480 e. The van der Waals surface area contributed by atoms with Crippen molar-refractivity contribution in [3.63, 3.8) is 0 Å². The van der Waals surface area contributed by atoms with E-state index in [-0.39, 0.29) is 17.6 Å². The van der Waals surface area contributed by atoms with Gasteiger partial charge in [0.1, 0.15) is 16.9 Å². The molecule has 1 aliphatic carbocycles. The lowest BCUT2D eigenvalue weighted by molar-refractivity contribution is 0.145. The van der Waals surface area contributed by atoms with E-state index in [0.29, 0.717) is 46.4 Å². The zero-order chi connectivity index (χ0) is 20.5. The van der Waals surface area contributed by atoms with Crippen molar-refractivity contribution in [2.24, 2.45) is 5.92 Å². The topological polar surface area (TPSA) is 101 Å². The molecule has 1 aliphatic rings. The van der Waals surface area contributed by atoms with Gasteiger partial charge in [-0.3, -0.25) is 14.3 Å². The summed E-state index contributed by atoms with van der Waals surface area (Å²) in [6.45, 7) is 2.18. The van der Waals surface area contributed by atoms with E-state index in [1.54, 1.807) is 31.0 Å². The van der Waals surface area contributed by atoms with Gasteiger partial charge in [-0.15, -0.1) is 0 Å². The van der Waals surface area contributed by atoms with Crippen LogP contribution >= 0.6 is 0 Å². The Balaban J connectivity index is 1.98. The molecular formula is C20H23N5O4. The number of fused-ring (bicyclic) bond motifs is 1. The number of nitrogens with zero attached hydrogens (tertiary/aromatic N) is 5. The van der Waals surface area contributed by atoms with Crippen LogP contribution < -0.4 is 15.0 Å². The SMILES string of the molecule is COC[C@@H](C1CC1)n1c(=O)c(C)nc2c(-c3cnc(OC)nc3OC)nccc21. The Labute approximate surface area is 167 Å². The highest BCUT2D eigenvalue weighted by atomic mass is 16.5. The van der Waals surface area contributed by atoms with Gasteiger partial charge >= 0.3 is 6.01 Å². The van der Waals surface area contributed by atoms with Gasteiger partial charge in [-0.2, -0.15) is 4.98 Å². The van der Waals surface area contributed by atoms with Gasteiger partial charge in [0.05, 0.1) is 37.9 Å². The van der Waals surface area contributed by atoms with E-state index < -0.39 is 0 Å². The predicted octanol–water partition coefficient (Wildman–Crippen LogP) is 2.17. The summed E-state index contributed by atoms with van der Waals surface area (Å²) in [6, 6.07) is 1.97. The van der Waals surface area contributed by atoms with Crippen molar-refractivity contribution in [2.75, 3.05) is 27.9 Å². The summed E-state index contributed by atoms with van der Waals surface area (Å²) >= 11 is 0. The van der Waals surface area contributed by atoms with E-state index in [2.05, 4.69) is 19.9 Å². The highest BCUT2D eigenvalue weighted by Crippen LogP contribution is 2.41. The van der Waals surface area contributed by atoms with Gasteiger partial charge in [0.2, 0.25) is 5.88 Å². The van der Waals surface area contributed by atoms with Crippen molar-refractivity contribution in [1.82, 2.24) is 24.5 Å². The number of hydrogen-bond donors (Lipinski definition) is 0. The molecule has 0 spiro atoms. The van der Waals surface area contributed by atoms with E-state index in [1.807, 2.05) is 6.07 Å². The molecule has 1 fully saturated rings. The fourth-order valence-corrected chi connectivity index (χ4v) is 3.61. The molecule has 3 heterocycles. The maximum absolute atomic E-state index is 13.0. The average molecular weight is 397 g/mol. The first kappa shape index (κ1) is 19.3. The van der Waals surface area contributed by atoms with Crippen molar-refractivity contribution in [1.29, 1.82) is 0 Å². The summed E-state index contributed by atoms with van der Waals surface area (Å²) in [4.78, 5) is 30.6. The molecule has 1 atom stereocenters. The molecule has 0 aliphatic heterocycles. The van der Waals surface area contributed by atoms with Gasteiger partial charge in [-0.05, 0) is 31.7 Å². The van der Waals surface area contributed by atoms with Crippen LogP contribution in [0, 0.1) is 12.8 Å². The zero-order valence-corrected chi connectivity index (χ0v) is 16.9. The van der Waals surface area contributed by atoms with E-state index in [0.717, 1.165) is 12.8 Å². The Morgan fingerprint density at radius 2 is 1.97 bits per heavy atom. The third kappa shape index (κ3) is 3.42. The first-order valence-corrected chi connectivity index (χ1v) is 9.41. The molecule has 152 valence electrons. The molecule has 0 saturated heterocycles. The second-order valence-corrected chi connectivity index (χ2v) is 7.04. The van der Waals surface area contributed by atoms with Gasteiger partial charge in [0, 0.05) is 19.5 Å². The van der Waals surface area contributed by atoms with Crippen molar-refractivity contribution >= 4 is 11.0 Å². The summed E-state index contributed by atoms with van der Waals surface area (Å²) in [5.41, 5.74) is 2.72. The molecule has 0 amide bonds. The fraction of sp³-hybridized carbons (Fsp3) is 0.450. The van der Waals surface area contributed by atoms with Crippen LogP contribution in [0.25, 0.3) is 22.3 Å². The molecule has 0 radical (unpaired) electrons. The molecule has 0 N–H and O–H groups in total. The van der Waals surface area contributed by atoms with Crippen LogP contribution in [0.15, 0.2) is 23.3 Å². The number of ether oxygens (including phenoxy) is 3. The van der Waals surface area contributed by atoms with E-state index in [1.165, 1.54) is 14.2 Å². The lowest BCUT2D eigenvalue weighted by atomic mass is 10.1. The molecule has 3 aromatic heterocycles. The van der Waals surface area contributed by atoms with Crippen LogP contribution in [0.5, 0.6) is 11.9 Å². The summed E-state index contributed by atoms with van der Waals surface area (Å²) in [6.07, 6.45) is 5.42. The van der Waals surface area contributed by atoms with Crippen molar-refractivity contribution in [3.05, 3.63) is 34.5 Å². The number of aryl methyl sites for hydroxylation is 1. The first-order valence-electron chi connectivity index (χ1n) is 9.41. The summed E-state index contributed by atoms with van der Waals surface area (Å²) in [5.74, 6) is 0.748. The smallest absolute Gasteiger partial charge is 0.319 e. The molecule has 0 aromatic carbocycles. The highest BCUT2D eigenvalue weighted by Gasteiger charge is 2.34. The Morgan fingerprint density at radius 3 is 2.62 bits per heavy atom. The third-order valence-electron chi connectivity index (χ3n) is 5.17. The monoisotopic (exact) mass is 397 g/mol. The Kier molecular flexibility index (Phi) is 5.14. The molecule has 1 saturated carbocycles. The number of aromatic nitrogens is 5. The third-order valence-corrected chi connectivity index (χ3v) is 5.17. The molecule has 3 aromatic rings. The lowest BCUT2D eigenvalue weighted by Crippen LogP contribution is -2.31. The Hall–Kier alpha value is -3.07. The minimum atomic E-state index is -0.110. The number of pyridine rings is 1. The maximum atomic E-state index is 13.0. The molecule has 0 unspecified atom stereocenters. The van der Waals surface area contributed by atoms with Gasteiger partial charge in [-0.25, -0.2) is 9.97 Å². The molecule has 9 nitrogen and oxygen atoms in total. The number of rotatable bonds is 7. The van der Waals surface area contributed by atoms with Gasteiger partial charge in [-0.1, -0.05) is 0 Å². The van der Waals surface area contributed by atoms with Crippen LogP contribution in [0.3, 0.4) is 0 Å². The highest BCUT2D eigenvalue weighted by molar-refractivity contribution is 5.90. The quantitative estimate of drug-likeness (QED) is 0.598. The molecule has 4 rings (SSSR count). The van der Waals surface area contributed by atoms with E-state index >= 15 is 0 Å². The van der Waals surface area contributed by atoms with E-state index in [9.17, 15) is 4.79 Å². The van der Waals surface area contributed by atoms with Gasteiger partial charge in [0.15, 0.2) is 0 Å². The Morgan fingerprint density at radius 1 is 1.17 bits per heavy atom. The minimum absolute atomic E-state index is 0.0408. The van der Waals surface area contributed by atoms with Crippen LogP contribution in [0.2, 0.25) is 0 Å². The Bertz CT molecular complexity index is 1110. The lowest BCUT2D eigenvalue weighted by Gasteiger charge is -2.22. The first-order chi connectivity index (χ1) is 14.1. The van der Waals surface area contributed by atoms with E-state index in [4.69, 9.17) is 14.2 Å². The summed E-state index contributed by atoms with van der Waals surface area (Å²) < 4.78 is 17.7. The standard InChI is InChI=1S/C20H23N5O4/c1-11-19(26)25(15(10-27-2)12-5-6-12)14-7-8-21-16(17(14)23-11)13-9-22-20(29-4)24-18(13)28-3/h7-9,12,15H,5-6,10H2,1-4H3/t15-/m0/s1. The fourth-order valence-electron chi connectivity index (χ4n) is 3.61. The zero-order valence-electron chi connectivity index (χ0n) is 16.9. The maximum Gasteiger partial charge on any atom is 0.319 e. The second kappa shape index (κ2) is 7.75. The summed E-state index contributed by atoms with van der Waals surface area (Å²) in [7, 11) is 4.66. The minimum Gasteiger partial charge on any atom is -0.480 e. The van der Waals surface area contributed by atoms with Crippen LogP contribution in [0.4, 0.5) is 0 Å². The summed E-state index contributed by atoms with van der Waals surface area (Å²) in [5, 5.41) is 0. The normalized spacial score (nSPS) is 14.8. The molecule has 9 heteroatoms. The number of hydrogen-bond acceptors (Lipinski definition) is 8. The van der Waals surface area contributed by atoms with Crippen molar-refractivity contribution in [2.45, 2.75) is 25.8 Å². The predicted molar refractivity (Wildman–Crippen MR) is 106 cm³/mol. The molecule has 0 bridgehead atoms. The van der Waals surface area contributed by atoms with Crippen LogP contribution in [-0.2, 0) is 4.74 Å².